The van der Waals surface area contributed by atoms with Crippen LogP contribution < -0.4 is 10.6 Å². The van der Waals surface area contributed by atoms with E-state index in [2.05, 4.69) is 57.4 Å². The van der Waals surface area contributed by atoms with Gasteiger partial charge in [0.1, 0.15) is 12.4 Å². The summed E-state index contributed by atoms with van der Waals surface area (Å²) in [5.41, 5.74) is 1.67. The Morgan fingerprint density at radius 1 is 1.21 bits per heavy atom. The van der Waals surface area contributed by atoms with Crippen LogP contribution in [0.5, 0.6) is 0 Å². The molecule has 0 atom stereocenters. The normalized spacial score (nSPS) is 15.0. The molecule has 1 aromatic heterocycles. The minimum atomic E-state index is 0. The number of hydrogen-bond donors (Lipinski definition) is 2. The number of guanidine groups is 1. The van der Waals surface area contributed by atoms with Crippen molar-refractivity contribution in [2.24, 2.45) is 12.0 Å². The molecule has 1 fully saturated rings. The number of hydrogen-bond acceptors (Lipinski definition) is 4. The zero-order valence-corrected chi connectivity index (χ0v) is 20.1. The molecule has 0 bridgehead atoms. The molecule has 1 aliphatic rings. The summed E-state index contributed by atoms with van der Waals surface area (Å²) >= 11 is 1.87. The molecule has 3 rings (SSSR count). The monoisotopic (exact) mass is 514 g/mol. The van der Waals surface area contributed by atoms with E-state index in [4.69, 9.17) is 4.99 Å². The minimum absolute atomic E-state index is 0. The molecule has 1 aliphatic carbocycles. The van der Waals surface area contributed by atoms with Crippen molar-refractivity contribution in [1.82, 2.24) is 25.4 Å². The van der Waals surface area contributed by atoms with Crippen LogP contribution in [-0.4, -0.2) is 45.8 Å². The Bertz CT molecular complexity index is 757. The van der Waals surface area contributed by atoms with Crippen LogP contribution in [-0.2, 0) is 19.0 Å². The number of nitrogens with zero attached hydrogens (tertiary/aromatic N) is 4. The Hall–Kier alpha value is -1.29. The van der Waals surface area contributed by atoms with E-state index in [1.54, 1.807) is 0 Å². The van der Waals surface area contributed by atoms with Crippen LogP contribution in [0.4, 0.5) is 0 Å². The zero-order valence-electron chi connectivity index (χ0n) is 16.9. The fourth-order valence-electron chi connectivity index (χ4n) is 3.10. The van der Waals surface area contributed by atoms with E-state index in [9.17, 15) is 0 Å². The number of rotatable bonds is 9. The average Bonchev–Trinajstić information content (AvgIpc) is 3.43. The first-order valence-corrected chi connectivity index (χ1v) is 11.0. The van der Waals surface area contributed by atoms with Crippen LogP contribution >= 0.6 is 35.7 Å². The number of thioether (sulfide) groups is 1. The highest BCUT2D eigenvalue weighted by Gasteiger charge is 2.44. The van der Waals surface area contributed by atoms with Crippen LogP contribution in [0.25, 0.3) is 0 Å². The largest absolute Gasteiger partial charge is 0.356 e. The molecule has 0 aliphatic heterocycles. The van der Waals surface area contributed by atoms with Crippen molar-refractivity contribution in [3.63, 3.8) is 0 Å². The van der Waals surface area contributed by atoms with Gasteiger partial charge >= 0.3 is 0 Å². The summed E-state index contributed by atoms with van der Waals surface area (Å²) < 4.78 is 1.99. The van der Waals surface area contributed by atoms with Gasteiger partial charge in [0.25, 0.3) is 0 Å². The molecule has 2 aromatic rings. The number of halogens is 1. The van der Waals surface area contributed by atoms with Crippen LogP contribution in [0.2, 0.25) is 0 Å². The van der Waals surface area contributed by atoms with Gasteiger partial charge in [-0.15, -0.1) is 34.2 Å². The maximum Gasteiger partial charge on any atom is 0.191 e. The predicted octanol–water partition coefficient (Wildman–Crippen LogP) is 3.26. The Kier molecular flexibility index (Phi) is 9.07. The molecule has 1 heterocycles. The SMILES string of the molecule is CSCCCNC(=NCc1nnc(C)n1C)NCC1(c2ccccc2)CC1.I. The van der Waals surface area contributed by atoms with E-state index >= 15 is 0 Å². The lowest BCUT2D eigenvalue weighted by Gasteiger charge is -2.19. The van der Waals surface area contributed by atoms with E-state index in [1.165, 1.54) is 18.4 Å². The van der Waals surface area contributed by atoms with Gasteiger partial charge in [0.15, 0.2) is 11.8 Å². The lowest BCUT2D eigenvalue weighted by atomic mass is 9.96. The fraction of sp³-hybridized carbons (Fsp3) is 0.550. The average molecular weight is 514 g/mol. The molecule has 0 spiro atoms. The van der Waals surface area contributed by atoms with Crippen LogP contribution in [0.1, 0.15) is 36.5 Å². The highest BCUT2D eigenvalue weighted by molar-refractivity contribution is 14.0. The third kappa shape index (κ3) is 6.10. The summed E-state index contributed by atoms with van der Waals surface area (Å²) in [4.78, 5) is 4.75. The van der Waals surface area contributed by atoms with E-state index in [1.807, 2.05) is 30.3 Å². The number of aliphatic imine (C=N–C) groups is 1. The molecule has 2 N–H and O–H groups in total. The Morgan fingerprint density at radius 3 is 2.57 bits per heavy atom. The molecule has 154 valence electrons. The van der Waals surface area contributed by atoms with Crippen molar-refractivity contribution >= 4 is 41.7 Å². The maximum absolute atomic E-state index is 4.75. The topological polar surface area (TPSA) is 67.1 Å². The summed E-state index contributed by atoms with van der Waals surface area (Å²) in [6.45, 7) is 4.30. The number of nitrogens with one attached hydrogen (secondary N) is 2. The number of aromatic nitrogens is 3. The van der Waals surface area contributed by atoms with Crippen LogP contribution in [0.15, 0.2) is 35.3 Å². The van der Waals surface area contributed by atoms with Gasteiger partial charge in [-0.2, -0.15) is 11.8 Å². The number of benzene rings is 1. The summed E-state index contributed by atoms with van der Waals surface area (Å²) in [6, 6.07) is 10.8. The van der Waals surface area contributed by atoms with E-state index in [0.717, 1.165) is 42.9 Å². The molecule has 1 saturated carbocycles. The molecule has 8 heteroatoms. The quantitative estimate of drug-likeness (QED) is 0.233. The van der Waals surface area contributed by atoms with Gasteiger partial charge in [-0.3, -0.25) is 0 Å². The first-order chi connectivity index (χ1) is 13.1. The molecule has 6 nitrogen and oxygen atoms in total. The zero-order chi connectivity index (χ0) is 19.1. The molecule has 0 amide bonds. The Balaban J connectivity index is 0.00000280. The second-order valence-corrected chi connectivity index (χ2v) is 8.15. The van der Waals surface area contributed by atoms with Gasteiger partial charge in [-0.1, -0.05) is 30.3 Å². The van der Waals surface area contributed by atoms with Gasteiger partial charge in [0.2, 0.25) is 0 Å². The summed E-state index contributed by atoms with van der Waals surface area (Å²) in [5.74, 6) is 3.79. The fourth-order valence-corrected chi connectivity index (χ4v) is 3.53. The molecule has 0 radical (unpaired) electrons. The standard InChI is InChI=1S/C20H30N6S.HI/c1-16-24-25-18(26(16)2)14-22-19(21-12-7-13-27-3)23-15-20(10-11-20)17-8-5-4-6-9-17;/h4-6,8-9H,7,10-15H2,1-3H3,(H2,21,22,23);1H. The van der Waals surface area contributed by atoms with Crippen molar-refractivity contribution in [3.8, 4) is 0 Å². The third-order valence-electron chi connectivity index (χ3n) is 5.21. The second kappa shape index (κ2) is 11.0. The number of aryl methyl sites for hydroxylation is 1. The summed E-state index contributed by atoms with van der Waals surface area (Å²) in [7, 11) is 1.98. The van der Waals surface area contributed by atoms with Crippen LogP contribution in [0.3, 0.4) is 0 Å². The van der Waals surface area contributed by atoms with E-state index in [-0.39, 0.29) is 29.4 Å². The molecule has 1 aromatic carbocycles. The second-order valence-electron chi connectivity index (χ2n) is 7.16. The smallest absolute Gasteiger partial charge is 0.191 e. The van der Waals surface area contributed by atoms with Crippen LogP contribution in [0, 0.1) is 6.92 Å². The van der Waals surface area contributed by atoms with Gasteiger partial charge < -0.3 is 15.2 Å². The minimum Gasteiger partial charge on any atom is -0.356 e. The van der Waals surface area contributed by atoms with Crippen molar-refractivity contribution < 1.29 is 0 Å². The Morgan fingerprint density at radius 2 is 1.96 bits per heavy atom. The molecule has 0 saturated heterocycles. The summed E-state index contributed by atoms with van der Waals surface area (Å²) in [5, 5.41) is 15.4. The van der Waals surface area contributed by atoms with Crippen molar-refractivity contribution in [1.29, 1.82) is 0 Å². The van der Waals surface area contributed by atoms with Crippen molar-refractivity contribution in [2.45, 2.75) is 38.1 Å². The molecule has 0 unspecified atom stereocenters. The lowest BCUT2D eigenvalue weighted by Crippen LogP contribution is -2.41. The first kappa shape index (κ1) is 23.0. The first-order valence-electron chi connectivity index (χ1n) is 9.56. The van der Waals surface area contributed by atoms with Gasteiger partial charge in [-0.05, 0) is 43.8 Å². The van der Waals surface area contributed by atoms with E-state index in [0.29, 0.717) is 6.54 Å². The lowest BCUT2D eigenvalue weighted by molar-refractivity contribution is 0.641. The summed E-state index contributed by atoms with van der Waals surface area (Å²) in [6.07, 6.45) is 5.72. The molecular weight excluding hydrogens is 483 g/mol. The van der Waals surface area contributed by atoms with Gasteiger partial charge in [0.05, 0.1) is 0 Å². The Labute approximate surface area is 189 Å². The van der Waals surface area contributed by atoms with E-state index < -0.39 is 0 Å². The van der Waals surface area contributed by atoms with Crippen molar-refractivity contribution in [3.05, 3.63) is 47.5 Å². The predicted molar refractivity (Wildman–Crippen MR) is 129 cm³/mol. The van der Waals surface area contributed by atoms with Gasteiger partial charge in [0, 0.05) is 25.6 Å². The third-order valence-corrected chi connectivity index (χ3v) is 5.91. The van der Waals surface area contributed by atoms with Crippen molar-refractivity contribution in [2.75, 3.05) is 25.1 Å². The van der Waals surface area contributed by atoms with Gasteiger partial charge in [-0.25, -0.2) is 4.99 Å². The maximum atomic E-state index is 4.75. The molecular formula is C20H31IN6S. The molecule has 28 heavy (non-hydrogen) atoms. The highest BCUT2D eigenvalue weighted by Crippen LogP contribution is 2.47. The highest BCUT2D eigenvalue weighted by atomic mass is 127.